The van der Waals surface area contributed by atoms with Crippen LogP contribution in [0.5, 0.6) is 0 Å². The van der Waals surface area contributed by atoms with Crippen molar-refractivity contribution in [3.05, 3.63) is 36.5 Å². The van der Waals surface area contributed by atoms with Crippen molar-refractivity contribution < 1.29 is 48.7 Å². The van der Waals surface area contributed by atoms with Crippen LogP contribution in [0.2, 0.25) is 0 Å². The van der Waals surface area contributed by atoms with Crippen LogP contribution in [0.4, 0.5) is 0 Å². The highest BCUT2D eigenvalue weighted by Gasteiger charge is 2.35. The highest BCUT2D eigenvalue weighted by Crippen LogP contribution is 2.30. The van der Waals surface area contributed by atoms with Gasteiger partial charge in [-0.05, 0) is 67.4 Å². The van der Waals surface area contributed by atoms with Gasteiger partial charge in [-0.25, -0.2) is 9.59 Å². The number of carbonyl (C=O) groups excluding carboxylic acids is 3. The SMILES string of the molecule is C=C(C)C(=O)OCC(O)CC(C)(C)OC(O)C(=C)CC(C)(C)C(=O)OCC(O)CC(C)(C)OC(=O)C(=C)C. The van der Waals surface area contributed by atoms with Gasteiger partial charge >= 0.3 is 17.9 Å². The second-order valence-corrected chi connectivity index (χ2v) is 11.6. The van der Waals surface area contributed by atoms with E-state index in [1.165, 1.54) is 13.8 Å². The topological polar surface area (TPSA) is 149 Å². The van der Waals surface area contributed by atoms with Gasteiger partial charge in [-0.3, -0.25) is 4.79 Å². The van der Waals surface area contributed by atoms with Gasteiger partial charge in [0.25, 0.3) is 0 Å². The molecule has 3 atom stereocenters. The highest BCUT2D eigenvalue weighted by atomic mass is 16.6. The normalized spacial score (nSPS) is 14.6. The fourth-order valence-electron chi connectivity index (χ4n) is 3.46. The van der Waals surface area contributed by atoms with Crippen molar-refractivity contribution in [2.75, 3.05) is 13.2 Å². The smallest absolute Gasteiger partial charge is 0.333 e. The van der Waals surface area contributed by atoms with Crippen LogP contribution >= 0.6 is 0 Å². The summed E-state index contributed by atoms with van der Waals surface area (Å²) >= 11 is 0. The summed E-state index contributed by atoms with van der Waals surface area (Å²) in [7, 11) is 0. The molecule has 218 valence electrons. The summed E-state index contributed by atoms with van der Waals surface area (Å²) in [4.78, 5) is 35.9. The van der Waals surface area contributed by atoms with Crippen LogP contribution in [-0.2, 0) is 33.3 Å². The molecule has 0 bridgehead atoms. The van der Waals surface area contributed by atoms with E-state index in [1.807, 2.05) is 0 Å². The minimum atomic E-state index is -1.45. The minimum Gasteiger partial charge on any atom is -0.463 e. The molecule has 10 heteroatoms. The van der Waals surface area contributed by atoms with E-state index in [0.717, 1.165) is 0 Å². The maximum atomic E-state index is 12.7. The van der Waals surface area contributed by atoms with Gasteiger partial charge in [0.1, 0.15) is 18.8 Å². The molecule has 0 aliphatic rings. The van der Waals surface area contributed by atoms with E-state index < -0.39 is 53.0 Å². The molecular formula is C28H46O10. The Labute approximate surface area is 226 Å². The maximum Gasteiger partial charge on any atom is 0.333 e. The van der Waals surface area contributed by atoms with Crippen LogP contribution in [0.25, 0.3) is 0 Å². The Balaban J connectivity index is 4.82. The van der Waals surface area contributed by atoms with Crippen molar-refractivity contribution in [3.63, 3.8) is 0 Å². The summed E-state index contributed by atoms with van der Waals surface area (Å²) in [5.74, 6) is -1.83. The summed E-state index contributed by atoms with van der Waals surface area (Å²) < 4.78 is 21.1. The van der Waals surface area contributed by atoms with Gasteiger partial charge in [-0.15, -0.1) is 0 Å². The molecule has 0 aliphatic carbocycles. The molecule has 0 saturated heterocycles. The lowest BCUT2D eigenvalue weighted by atomic mass is 9.85. The van der Waals surface area contributed by atoms with Crippen LogP contribution in [0.3, 0.4) is 0 Å². The van der Waals surface area contributed by atoms with Crippen LogP contribution in [0.15, 0.2) is 36.5 Å². The molecule has 0 heterocycles. The Hall–Kier alpha value is -2.53. The molecule has 0 aliphatic heterocycles. The minimum absolute atomic E-state index is 0.0136. The third-order valence-electron chi connectivity index (χ3n) is 5.34. The Kier molecular flexibility index (Phi) is 13.6. The van der Waals surface area contributed by atoms with E-state index in [1.54, 1.807) is 41.5 Å². The number of carbonyl (C=O) groups is 3. The predicted molar refractivity (Wildman–Crippen MR) is 142 cm³/mol. The van der Waals surface area contributed by atoms with Gasteiger partial charge in [-0.2, -0.15) is 0 Å². The zero-order chi connectivity index (χ0) is 30.1. The Morgan fingerprint density at radius 2 is 1.18 bits per heavy atom. The van der Waals surface area contributed by atoms with Gasteiger partial charge in [-0.1, -0.05) is 19.7 Å². The first kappa shape index (κ1) is 35.5. The molecule has 3 N–H and O–H groups in total. The quantitative estimate of drug-likeness (QED) is 0.0823. The van der Waals surface area contributed by atoms with E-state index >= 15 is 0 Å². The fraction of sp³-hybridized carbons (Fsp3) is 0.679. The number of ether oxygens (including phenoxy) is 4. The molecule has 0 amide bonds. The van der Waals surface area contributed by atoms with E-state index in [9.17, 15) is 29.7 Å². The molecule has 0 spiro atoms. The number of rotatable bonds is 17. The molecule has 0 saturated carbocycles. The fourth-order valence-corrected chi connectivity index (χ4v) is 3.46. The van der Waals surface area contributed by atoms with Gasteiger partial charge in [0.2, 0.25) is 0 Å². The zero-order valence-electron chi connectivity index (χ0n) is 24.1. The molecule has 0 aromatic rings. The molecule has 0 fully saturated rings. The van der Waals surface area contributed by atoms with Gasteiger partial charge in [0.15, 0.2) is 6.29 Å². The first-order valence-corrected chi connectivity index (χ1v) is 12.4. The van der Waals surface area contributed by atoms with Gasteiger partial charge in [0, 0.05) is 24.0 Å². The second kappa shape index (κ2) is 14.6. The largest absolute Gasteiger partial charge is 0.463 e. The maximum absolute atomic E-state index is 12.7. The van der Waals surface area contributed by atoms with Crippen molar-refractivity contribution in [3.8, 4) is 0 Å². The molecule has 3 unspecified atom stereocenters. The summed E-state index contributed by atoms with van der Waals surface area (Å²) in [6.07, 6.45) is -3.48. The number of aliphatic hydroxyl groups excluding tert-OH is 3. The second-order valence-electron chi connectivity index (χ2n) is 11.6. The Morgan fingerprint density at radius 1 is 0.737 bits per heavy atom. The molecule has 0 radical (unpaired) electrons. The molecule has 38 heavy (non-hydrogen) atoms. The van der Waals surface area contributed by atoms with Gasteiger partial charge in [0.05, 0.1) is 23.2 Å². The summed E-state index contributed by atoms with van der Waals surface area (Å²) in [5.41, 5.74) is -2.48. The predicted octanol–water partition coefficient (Wildman–Crippen LogP) is 3.13. The van der Waals surface area contributed by atoms with E-state index in [2.05, 4.69) is 19.7 Å². The van der Waals surface area contributed by atoms with Crippen LogP contribution in [0, 0.1) is 5.41 Å². The van der Waals surface area contributed by atoms with Gasteiger partial charge < -0.3 is 34.3 Å². The van der Waals surface area contributed by atoms with E-state index in [4.69, 9.17) is 18.9 Å². The number of hydrogen-bond donors (Lipinski definition) is 3. The summed E-state index contributed by atoms with van der Waals surface area (Å²) in [6, 6.07) is 0. The standard InChI is InChI=1S/C28H46O10/c1-17(2)22(31)35-15-20(29)13-28(10,11)38-24(33)19(5)12-26(6,7)25(34)36-16-21(30)14-27(8,9)37-23(32)18(3)4/h20-21,24,29-30,33H,1,3,5,12-16H2,2,4,6-11H3. The van der Waals surface area contributed by atoms with Crippen molar-refractivity contribution in [2.24, 2.45) is 5.41 Å². The van der Waals surface area contributed by atoms with Crippen molar-refractivity contribution >= 4 is 17.9 Å². The van der Waals surface area contributed by atoms with Crippen LogP contribution in [0.1, 0.15) is 74.7 Å². The zero-order valence-corrected chi connectivity index (χ0v) is 24.1. The first-order chi connectivity index (χ1) is 17.1. The van der Waals surface area contributed by atoms with Crippen molar-refractivity contribution in [2.45, 2.75) is 104 Å². The lowest BCUT2D eigenvalue weighted by molar-refractivity contribution is -0.172. The average molecular weight is 543 g/mol. The monoisotopic (exact) mass is 542 g/mol. The highest BCUT2D eigenvalue weighted by molar-refractivity contribution is 5.87. The molecule has 0 aromatic heterocycles. The molecule has 0 rings (SSSR count). The van der Waals surface area contributed by atoms with E-state index in [0.29, 0.717) is 0 Å². The summed E-state index contributed by atoms with van der Waals surface area (Å²) in [6.45, 7) is 23.0. The first-order valence-electron chi connectivity index (χ1n) is 12.4. The average Bonchev–Trinajstić information content (AvgIpc) is 2.73. The Bertz CT molecular complexity index is 884. The number of aliphatic hydroxyl groups is 3. The molecule has 10 nitrogen and oxygen atoms in total. The lowest BCUT2D eigenvalue weighted by Crippen LogP contribution is -2.38. The lowest BCUT2D eigenvalue weighted by Gasteiger charge is -2.32. The third-order valence-corrected chi connectivity index (χ3v) is 5.34. The molecule has 0 aromatic carbocycles. The number of hydrogen-bond acceptors (Lipinski definition) is 10. The third kappa shape index (κ3) is 13.9. The van der Waals surface area contributed by atoms with E-state index in [-0.39, 0.29) is 49.2 Å². The molecular weight excluding hydrogens is 496 g/mol. The number of esters is 3. The van der Waals surface area contributed by atoms with Crippen LogP contribution in [-0.4, -0.2) is 76.1 Å². The van der Waals surface area contributed by atoms with Crippen LogP contribution < -0.4 is 0 Å². The van der Waals surface area contributed by atoms with Crippen molar-refractivity contribution in [1.82, 2.24) is 0 Å². The van der Waals surface area contributed by atoms with Crippen molar-refractivity contribution in [1.29, 1.82) is 0 Å². The summed E-state index contributed by atoms with van der Waals surface area (Å²) in [5, 5.41) is 31.0. The Morgan fingerprint density at radius 3 is 1.66 bits per heavy atom.